The summed E-state index contributed by atoms with van der Waals surface area (Å²) in [5.74, 6) is 1.59. The molecular weight excluding hydrogens is 266 g/mol. The number of benzene rings is 1. The van der Waals surface area contributed by atoms with Crippen LogP contribution in [0.15, 0.2) is 24.3 Å². The highest BCUT2D eigenvalue weighted by molar-refractivity contribution is 5.27. The highest BCUT2D eigenvalue weighted by atomic mass is 16.5. The molecule has 0 heterocycles. The summed E-state index contributed by atoms with van der Waals surface area (Å²) in [4.78, 5) is 0. The van der Waals surface area contributed by atoms with Gasteiger partial charge in [-0.15, -0.1) is 0 Å². The van der Waals surface area contributed by atoms with Gasteiger partial charge in [-0.2, -0.15) is 0 Å². The minimum atomic E-state index is -0.390. The summed E-state index contributed by atoms with van der Waals surface area (Å²) in [6, 6.07) is 8.17. The number of methoxy groups -OCH3 is 1. The molecule has 21 heavy (non-hydrogen) atoms. The number of nitrogens with one attached hydrogen (secondary N) is 1. The van der Waals surface area contributed by atoms with E-state index in [0.717, 1.165) is 31.9 Å². The Kier molecular flexibility index (Phi) is 9.06. The molecule has 1 rings (SSSR count). The molecule has 0 radical (unpaired) electrons. The highest BCUT2D eigenvalue weighted by Crippen LogP contribution is 2.13. The number of hydrogen-bond donors (Lipinski definition) is 2. The molecule has 2 N–H and O–H groups in total. The van der Waals surface area contributed by atoms with Crippen molar-refractivity contribution in [2.24, 2.45) is 5.92 Å². The summed E-state index contributed by atoms with van der Waals surface area (Å²) in [6.07, 6.45) is 1.39. The maximum atomic E-state index is 9.52. The Bertz CT molecular complexity index is 365. The standard InChI is InChI=1S/C17H29NO3/c1-14(2)9-11-21-17-6-4-15(5-7-17)12-18-10-8-16(19)13-20-3/h4-7,14,16,18-19H,8-13H2,1-3H3. The van der Waals surface area contributed by atoms with Gasteiger partial charge in [0.2, 0.25) is 0 Å². The quantitative estimate of drug-likeness (QED) is 0.616. The molecule has 0 aliphatic carbocycles. The minimum Gasteiger partial charge on any atom is -0.494 e. The highest BCUT2D eigenvalue weighted by Gasteiger charge is 2.02. The molecule has 0 saturated heterocycles. The Morgan fingerprint density at radius 1 is 1.14 bits per heavy atom. The van der Waals surface area contributed by atoms with Crippen LogP contribution in [0.1, 0.15) is 32.3 Å². The van der Waals surface area contributed by atoms with Crippen LogP contribution in [0.5, 0.6) is 5.75 Å². The van der Waals surface area contributed by atoms with E-state index < -0.39 is 0 Å². The van der Waals surface area contributed by atoms with Crippen LogP contribution in [0.2, 0.25) is 0 Å². The summed E-state index contributed by atoms with van der Waals surface area (Å²) < 4.78 is 10.6. The molecule has 0 amide bonds. The number of aliphatic hydroxyl groups is 1. The van der Waals surface area contributed by atoms with Gasteiger partial charge in [0.25, 0.3) is 0 Å². The molecule has 1 unspecified atom stereocenters. The van der Waals surface area contributed by atoms with Gasteiger partial charge in [-0.1, -0.05) is 26.0 Å². The van der Waals surface area contributed by atoms with Crippen molar-refractivity contribution in [1.82, 2.24) is 5.32 Å². The van der Waals surface area contributed by atoms with Gasteiger partial charge in [0, 0.05) is 13.7 Å². The van der Waals surface area contributed by atoms with Crippen molar-refractivity contribution in [2.45, 2.75) is 39.3 Å². The predicted molar refractivity (Wildman–Crippen MR) is 85.6 cm³/mol. The van der Waals surface area contributed by atoms with E-state index in [0.29, 0.717) is 18.9 Å². The Hall–Kier alpha value is -1.10. The van der Waals surface area contributed by atoms with Crippen molar-refractivity contribution in [3.8, 4) is 5.75 Å². The summed E-state index contributed by atoms with van der Waals surface area (Å²) in [6.45, 7) is 7.13. The van der Waals surface area contributed by atoms with E-state index in [1.54, 1.807) is 7.11 Å². The lowest BCUT2D eigenvalue weighted by atomic mass is 10.1. The van der Waals surface area contributed by atoms with Gasteiger partial charge in [-0.05, 0) is 43.0 Å². The molecule has 1 aromatic carbocycles. The zero-order valence-corrected chi connectivity index (χ0v) is 13.5. The van der Waals surface area contributed by atoms with E-state index in [1.165, 1.54) is 5.56 Å². The lowest BCUT2D eigenvalue weighted by Crippen LogP contribution is -2.22. The maximum absolute atomic E-state index is 9.52. The third-order valence-electron chi connectivity index (χ3n) is 3.23. The van der Waals surface area contributed by atoms with Crippen LogP contribution in [-0.4, -0.2) is 38.1 Å². The molecule has 0 saturated carbocycles. The summed E-state index contributed by atoms with van der Waals surface area (Å²) >= 11 is 0. The largest absolute Gasteiger partial charge is 0.494 e. The fourth-order valence-corrected chi connectivity index (χ4v) is 1.89. The lowest BCUT2D eigenvalue weighted by molar-refractivity contribution is 0.0594. The topological polar surface area (TPSA) is 50.7 Å². The fraction of sp³-hybridized carbons (Fsp3) is 0.647. The van der Waals surface area contributed by atoms with Gasteiger partial charge in [-0.3, -0.25) is 0 Å². The molecule has 4 heteroatoms. The molecule has 0 fully saturated rings. The van der Waals surface area contributed by atoms with E-state index in [1.807, 2.05) is 12.1 Å². The van der Waals surface area contributed by atoms with Crippen LogP contribution < -0.4 is 10.1 Å². The average Bonchev–Trinajstić information content (AvgIpc) is 2.45. The van der Waals surface area contributed by atoms with Gasteiger partial charge in [0.1, 0.15) is 5.75 Å². The smallest absolute Gasteiger partial charge is 0.119 e. The summed E-state index contributed by atoms with van der Waals surface area (Å²) in [5, 5.41) is 12.8. The zero-order valence-electron chi connectivity index (χ0n) is 13.5. The van der Waals surface area contributed by atoms with Crippen LogP contribution in [0, 0.1) is 5.92 Å². The molecule has 4 nitrogen and oxygen atoms in total. The first kappa shape index (κ1) is 18.0. The van der Waals surface area contributed by atoms with Crippen molar-refractivity contribution in [2.75, 3.05) is 26.9 Å². The Balaban J connectivity index is 2.19. The Morgan fingerprint density at radius 3 is 2.48 bits per heavy atom. The predicted octanol–water partition coefficient (Wildman–Crippen LogP) is 2.60. The third-order valence-corrected chi connectivity index (χ3v) is 3.23. The van der Waals surface area contributed by atoms with Gasteiger partial charge in [-0.25, -0.2) is 0 Å². The normalized spacial score (nSPS) is 12.6. The molecule has 0 aliphatic rings. The van der Waals surface area contributed by atoms with Crippen molar-refractivity contribution >= 4 is 0 Å². The number of rotatable bonds is 11. The van der Waals surface area contributed by atoms with E-state index in [4.69, 9.17) is 9.47 Å². The number of aliphatic hydroxyl groups excluding tert-OH is 1. The van der Waals surface area contributed by atoms with Gasteiger partial charge >= 0.3 is 0 Å². The summed E-state index contributed by atoms with van der Waals surface area (Å²) in [5.41, 5.74) is 1.22. The second-order valence-electron chi connectivity index (χ2n) is 5.75. The summed E-state index contributed by atoms with van der Waals surface area (Å²) in [7, 11) is 1.60. The average molecular weight is 295 g/mol. The third kappa shape index (κ3) is 8.71. The Labute approximate surface area is 128 Å². The van der Waals surface area contributed by atoms with Crippen molar-refractivity contribution in [3.63, 3.8) is 0 Å². The second kappa shape index (κ2) is 10.6. The minimum absolute atomic E-state index is 0.390. The molecule has 120 valence electrons. The van der Waals surface area contributed by atoms with Crippen LogP contribution in [0.4, 0.5) is 0 Å². The lowest BCUT2D eigenvalue weighted by Gasteiger charge is -2.11. The van der Waals surface area contributed by atoms with Crippen LogP contribution in [0.25, 0.3) is 0 Å². The van der Waals surface area contributed by atoms with Crippen molar-refractivity contribution in [1.29, 1.82) is 0 Å². The van der Waals surface area contributed by atoms with E-state index in [-0.39, 0.29) is 6.10 Å². The first-order chi connectivity index (χ1) is 10.1. The van der Waals surface area contributed by atoms with E-state index >= 15 is 0 Å². The molecule has 1 aromatic rings. The van der Waals surface area contributed by atoms with Crippen LogP contribution in [-0.2, 0) is 11.3 Å². The Morgan fingerprint density at radius 2 is 1.86 bits per heavy atom. The maximum Gasteiger partial charge on any atom is 0.119 e. The molecule has 1 atom stereocenters. The molecule has 0 aromatic heterocycles. The second-order valence-corrected chi connectivity index (χ2v) is 5.75. The molecule has 0 spiro atoms. The van der Waals surface area contributed by atoms with Crippen LogP contribution in [0.3, 0.4) is 0 Å². The number of hydrogen-bond acceptors (Lipinski definition) is 4. The van der Waals surface area contributed by atoms with E-state index in [2.05, 4.69) is 31.3 Å². The van der Waals surface area contributed by atoms with E-state index in [9.17, 15) is 5.11 Å². The number of ether oxygens (including phenoxy) is 2. The first-order valence-corrected chi connectivity index (χ1v) is 7.71. The van der Waals surface area contributed by atoms with Gasteiger partial charge < -0.3 is 19.9 Å². The molecule has 0 bridgehead atoms. The molecular formula is C17H29NO3. The van der Waals surface area contributed by atoms with Crippen molar-refractivity contribution < 1.29 is 14.6 Å². The fourth-order valence-electron chi connectivity index (χ4n) is 1.89. The molecule has 0 aliphatic heterocycles. The van der Waals surface area contributed by atoms with Crippen molar-refractivity contribution in [3.05, 3.63) is 29.8 Å². The zero-order chi connectivity index (χ0) is 15.5. The monoisotopic (exact) mass is 295 g/mol. The van der Waals surface area contributed by atoms with Crippen LogP contribution >= 0.6 is 0 Å². The first-order valence-electron chi connectivity index (χ1n) is 7.71. The SMILES string of the molecule is COCC(O)CCNCc1ccc(OCCC(C)C)cc1. The van der Waals surface area contributed by atoms with Gasteiger partial charge in [0.15, 0.2) is 0 Å². The van der Waals surface area contributed by atoms with Gasteiger partial charge in [0.05, 0.1) is 19.3 Å².